The topological polar surface area (TPSA) is 117 Å². The summed E-state index contributed by atoms with van der Waals surface area (Å²) in [4.78, 5) is 29.6. The van der Waals surface area contributed by atoms with E-state index in [0.717, 1.165) is 17.4 Å². The number of ether oxygens (including phenoxy) is 2. The molecule has 43 heavy (non-hydrogen) atoms. The third-order valence-corrected chi connectivity index (χ3v) is 9.80. The number of hydrogen-bond donors (Lipinski definition) is 1. The second-order valence-corrected chi connectivity index (χ2v) is 14.2. The number of nitrogens with zero attached hydrogens (tertiary/aromatic N) is 3. The summed E-state index contributed by atoms with van der Waals surface area (Å²) in [6.07, 6.45) is 3.40. The van der Waals surface area contributed by atoms with E-state index >= 15 is 0 Å². The van der Waals surface area contributed by atoms with Crippen molar-refractivity contribution in [2.24, 2.45) is 11.8 Å². The quantitative estimate of drug-likeness (QED) is 0.377. The molecule has 1 saturated heterocycles. The van der Waals surface area contributed by atoms with Crippen LogP contribution in [-0.4, -0.2) is 105 Å². The molecular formula is C31H46FN3O7S. The molecule has 0 spiro atoms. The van der Waals surface area contributed by atoms with Gasteiger partial charge in [0.1, 0.15) is 18.0 Å². The van der Waals surface area contributed by atoms with Crippen molar-refractivity contribution in [3.63, 3.8) is 0 Å². The van der Waals surface area contributed by atoms with Crippen molar-refractivity contribution in [1.82, 2.24) is 14.1 Å². The largest absolute Gasteiger partial charge is 0.457 e. The molecule has 1 aromatic rings. The summed E-state index contributed by atoms with van der Waals surface area (Å²) >= 11 is 0. The third-order valence-electron chi connectivity index (χ3n) is 7.99. The summed E-state index contributed by atoms with van der Waals surface area (Å²) in [6.45, 7) is 8.27. The van der Waals surface area contributed by atoms with E-state index in [1.54, 1.807) is 24.0 Å². The molecule has 10 nitrogen and oxygen atoms in total. The number of cyclic esters (lactones) is 1. The van der Waals surface area contributed by atoms with Gasteiger partial charge in [-0.05, 0) is 67.6 Å². The van der Waals surface area contributed by atoms with E-state index in [2.05, 4.69) is 4.90 Å². The van der Waals surface area contributed by atoms with Crippen LogP contribution in [0.25, 0.3) is 6.08 Å². The zero-order chi connectivity index (χ0) is 31.9. The molecule has 3 rings (SSSR count). The van der Waals surface area contributed by atoms with Crippen LogP contribution in [-0.2, 0) is 30.0 Å². The van der Waals surface area contributed by atoms with E-state index in [4.69, 9.17) is 9.47 Å². The number of benzene rings is 1. The van der Waals surface area contributed by atoms with Crippen LogP contribution in [0.15, 0.2) is 35.9 Å². The molecule has 0 aromatic heterocycles. The van der Waals surface area contributed by atoms with Gasteiger partial charge in [0.15, 0.2) is 0 Å². The van der Waals surface area contributed by atoms with Crippen LogP contribution < -0.4 is 0 Å². The summed E-state index contributed by atoms with van der Waals surface area (Å²) in [5, 5.41) is 10.5. The average molecular weight is 624 g/mol. The van der Waals surface area contributed by atoms with Crippen molar-refractivity contribution in [2.45, 2.75) is 64.1 Å². The first kappa shape index (κ1) is 34.7. The van der Waals surface area contributed by atoms with Crippen molar-refractivity contribution < 1.29 is 37.0 Å². The van der Waals surface area contributed by atoms with E-state index in [0.29, 0.717) is 42.6 Å². The van der Waals surface area contributed by atoms with Crippen LogP contribution in [0.3, 0.4) is 0 Å². The van der Waals surface area contributed by atoms with Gasteiger partial charge in [-0.1, -0.05) is 32.1 Å². The van der Waals surface area contributed by atoms with Crippen LogP contribution in [0.4, 0.5) is 9.18 Å². The summed E-state index contributed by atoms with van der Waals surface area (Å²) in [5.74, 6) is -1.98. The Bertz CT molecular complexity index is 1290. The van der Waals surface area contributed by atoms with Crippen LogP contribution in [0, 0.1) is 17.7 Å². The first-order chi connectivity index (χ1) is 20.1. The Labute approximate surface area is 255 Å². The van der Waals surface area contributed by atoms with E-state index in [-0.39, 0.29) is 30.1 Å². The molecule has 2 heterocycles. The lowest BCUT2D eigenvalue weighted by atomic mass is 9.91. The molecule has 1 fully saturated rings. The molecule has 1 aromatic carbocycles. The maximum atomic E-state index is 14.5. The Hall–Kier alpha value is -2.80. The molecule has 0 bridgehead atoms. The number of carbonyl (C=O) groups excluding carboxylic acids is 2. The number of esters is 1. The van der Waals surface area contributed by atoms with Crippen LogP contribution in [0.1, 0.15) is 51.2 Å². The van der Waals surface area contributed by atoms with Crippen molar-refractivity contribution in [1.29, 1.82) is 0 Å². The van der Waals surface area contributed by atoms with Crippen molar-refractivity contribution >= 4 is 28.2 Å². The first-order valence-electron chi connectivity index (χ1n) is 14.7. The predicted octanol–water partition coefficient (Wildman–Crippen LogP) is 3.66. The second-order valence-electron chi connectivity index (χ2n) is 12.0. The minimum Gasteiger partial charge on any atom is -0.457 e. The number of aliphatic hydroxyl groups is 1. The molecule has 1 amide bonds. The molecule has 1 N–H and O–H groups in total. The van der Waals surface area contributed by atoms with Gasteiger partial charge in [-0.3, -0.25) is 4.79 Å². The number of carbonyl (C=O) groups is 2. The van der Waals surface area contributed by atoms with Gasteiger partial charge < -0.3 is 24.4 Å². The lowest BCUT2D eigenvalue weighted by Crippen LogP contribution is -2.48. The molecule has 0 aliphatic carbocycles. The van der Waals surface area contributed by atoms with Gasteiger partial charge in [0, 0.05) is 46.2 Å². The highest BCUT2D eigenvalue weighted by Gasteiger charge is 2.29. The highest BCUT2D eigenvalue weighted by atomic mass is 32.2. The Morgan fingerprint density at radius 3 is 2.47 bits per heavy atom. The van der Waals surface area contributed by atoms with Crippen LogP contribution >= 0.6 is 0 Å². The Morgan fingerprint density at radius 1 is 1.14 bits per heavy atom. The van der Waals surface area contributed by atoms with Crippen molar-refractivity contribution in [3.8, 4) is 0 Å². The third kappa shape index (κ3) is 10.4. The second kappa shape index (κ2) is 15.3. The minimum absolute atomic E-state index is 0.107. The summed E-state index contributed by atoms with van der Waals surface area (Å²) in [5.41, 5.74) is 1.31. The summed E-state index contributed by atoms with van der Waals surface area (Å²) < 4.78 is 52.1. The molecule has 0 saturated carbocycles. The highest BCUT2D eigenvalue weighted by molar-refractivity contribution is 7.88. The molecule has 2 aliphatic rings. The number of amides is 1. The number of sulfonamides is 1. The van der Waals surface area contributed by atoms with Crippen LogP contribution in [0.5, 0.6) is 0 Å². The van der Waals surface area contributed by atoms with Crippen molar-refractivity contribution in [2.75, 3.05) is 47.3 Å². The van der Waals surface area contributed by atoms with Gasteiger partial charge in [0.25, 0.3) is 0 Å². The number of halogens is 1. The average Bonchev–Trinajstić information content (AvgIpc) is 2.91. The number of likely N-dealkylation sites (N-methyl/N-ethyl adjacent to an activating group) is 1. The van der Waals surface area contributed by atoms with Crippen LogP contribution in [0.2, 0.25) is 0 Å². The van der Waals surface area contributed by atoms with Crippen molar-refractivity contribution in [3.05, 3.63) is 52.9 Å². The Kier molecular flexibility index (Phi) is 12.3. The van der Waals surface area contributed by atoms with Gasteiger partial charge in [0.05, 0.1) is 18.3 Å². The first-order valence-corrected chi connectivity index (χ1v) is 16.3. The molecule has 2 aliphatic heterocycles. The molecular weight excluding hydrogens is 577 g/mol. The van der Waals surface area contributed by atoms with E-state index < -0.39 is 40.1 Å². The summed E-state index contributed by atoms with van der Waals surface area (Å²) in [7, 11) is 1.24. The zero-order valence-corrected chi connectivity index (χ0v) is 26.8. The predicted molar refractivity (Wildman–Crippen MR) is 163 cm³/mol. The van der Waals surface area contributed by atoms with E-state index in [9.17, 15) is 27.5 Å². The minimum atomic E-state index is -3.60. The maximum Gasteiger partial charge on any atom is 0.410 e. The Balaban J connectivity index is 1.88. The fourth-order valence-electron chi connectivity index (χ4n) is 5.16. The lowest BCUT2D eigenvalue weighted by molar-refractivity contribution is -0.151. The summed E-state index contributed by atoms with van der Waals surface area (Å²) in [6, 6.07) is 4.05. The number of piperazine rings is 1. The zero-order valence-electron chi connectivity index (χ0n) is 26.0. The number of aliphatic hydroxyl groups excluding tert-OH is 1. The molecule has 0 radical (unpaired) electrons. The molecule has 5 atom stereocenters. The van der Waals surface area contributed by atoms with Gasteiger partial charge in [0.2, 0.25) is 10.0 Å². The Morgan fingerprint density at radius 2 is 1.81 bits per heavy atom. The molecule has 0 unspecified atom stereocenters. The number of rotatable bonds is 6. The fraction of sp³-hybridized carbons (Fsp3) is 0.613. The van der Waals surface area contributed by atoms with Gasteiger partial charge in [-0.15, -0.1) is 0 Å². The monoisotopic (exact) mass is 623 g/mol. The smallest absolute Gasteiger partial charge is 0.410 e. The highest BCUT2D eigenvalue weighted by Crippen LogP contribution is 2.26. The number of hydrogen-bond acceptors (Lipinski definition) is 8. The standard InChI is InChI=1S/C31H46FN3O7S/c1-21-7-9-27(36)19-29(37)42-30(22(2)8-10-28(21)41-31(38)35-13-11-34(6)12-14-35)23(3)15-24-16-25(18-26(32)17-24)20-43(39,40)33(4)5/h8,10,15-18,21-22,27-28,30,36H,7,9,11-14,19-20H2,1-6H3/b10-8+,23-15+/t21-,22-,27+,28-,30-/m0/s1. The van der Waals surface area contributed by atoms with Gasteiger partial charge in [-0.25, -0.2) is 21.9 Å². The van der Waals surface area contributed by atoms with E-state index in [1.165, 1.54) is 26.2 Å². The maximum absolute atomic E-state index is 14.5. The molecule has 12 heteroatoms. The lowest BCUT2D eigenvalue weighted by Gasteiger charge is -2.33. The van der Waals surface area contributed by atoms with E-state index in [1.807, 2.05) is 33.0 Å². The molecule has 240 valence electrons. The SMILES string of the molecule is C/C(=C\c1cc(F)cc(CS(=O)(=O)N(C)C)c1)[C@H]1OC(=O)C[C@H](O)CC[C@H](C)[C@@H](OC(=O)N2CCN(C)CC2)/C=C/[C@@H]1C. The fourth-order valence-corrected chi connectivity index (χ4v) is 6.00. The van der Waals surface area contributed by atoms with Gasteiger partial charge >= 0.3 is 12.1 Å². The van der Waals surface area contributed by atoms with Gasteiger partial charge in [-0.2, -0.15) is 0 Å². The normalized spacial score (nSPS) is 27.7.